The van der Waals surface area contributed by atoms with E-state index in [1.54, 1.807) is 0 Å². The van der Waals surface area contributed by atoms with Gasteiger partial charge in [-0.15, -0.1) is 0 Å². The summed E-state index contributed by atoms with van der Waals surface area (Å²) < 4.78 is 18.4. The van der Waals surface area contributed by atoms with Gasteiger partial charge in [0.1, 0.15) is 11.9 Å². The summed E-state index contributed by atoms with van der Waals surface area (Å²) in [6, 6.07) is 2.98. The van der Waals surface area contributed by atoms with E-state index in [1.165, 1.54) is 25.1 Å². The number of alkyl carbamates (subject to hydrolysis) is 1. The van der Waals surface area contributed by atoms with E-state index in [-0.39, 0.29) is 23.8 Å². The van der Waals surface area contributed by atoms with Crippen LogP contribution >= 0.6 is 0 Å². The Morgan fingerprint density at radius 3 is 2.54 bits per heavy atom. The summed E-state index contributed by atoms with van der Waals surface area (Å²) >= 11 is 0. The number of ether oxygens (including phenoxy) is 1. The van der Waals surface area contributed by atoms with Crippen LogP contribution < -0.4 is 16.4 Å². The third kappa shape index (κ3) is 6.23. The molecule has 0 saturated heterocycles. The van der Waals surface area contributed by atoms with Gasteiger partial charge in [0.25, 0.3) is 0 Å². The number of anilines is 1. The topological polar surface area (TPSA) is 111 Å². The second kappa shape index (κ2) is 8.85. The van der Waals surface area contributed by atoms with Crippen molar-refractivity contribution < 1.29 is 23.5 Å². The van der Waals surface area contributed by atoms with Crippen LogP contribution in [0.2, 0.25) is 0 Å². The number of benzene rings is 1. The zero-order valence-corrected chi connectivity index (χ0v) is 13.9. The van der Waals surface area contributed by atoms with Crippen molar-refractivity contribution in [3.8, 4) is 0 Å². The number of carbonyl (C=O) groups excluding carboxylic acids is 3. The highest BCUT2D eigenvalue weighted by Gasteiger charge is 2.24. The van der Waals surface area contributed by atoms with E-state index in [9.17, 15) is 18.8 Å². The van der Waals surface area contributed by atoms with Crippen molar-refractivity contribution in [3.05, 3.63) is 29.6 Å². The summed E-state index contributed by atoms with van der Waals surface area (Å²) in [5.41, 5.74) is 5.59. The normalized spacial score (nSPS) is 11.7. The monoisotopic (exact) mass is 339 g/mol. The maximum absolute atomic E-state index is 13.5. The van der Waals surface area contributed by atoms with Gasteiger partial charge in [-0.1, -0.05) is 19.9 Å². The molecule has 24 heavy (non-hydrogen) atoms. The fourth-order valence-corrected chi connectivity index (χ4v) is 1.80. The highest BCUT2D eigenvalue weighted by atomic mass is 19.1. The van der Waals surface area contributed by atoms with Crippen LogP contribution in [0.1, 0.15) is 25.8 Å². The highest BCUT2D eigenvalue weighted by molar-refractivity contribution is 5.99. The minimum Gasteiger partial charge on any atom is -0.449 e. The molecule has 4 N–H and O–H groups in total. The number of hydrogen-bond donors (Lipinski definition) is 3. The van der Waals surface area contributed by atoms with Crippen molar-refractivity contribution >= 4 is 23.6 Å². The van der Waals surface area contributed by atoms with Gasteiger partial charge in [-0.25, -0.2) is 9.18 Å². The van der Waals surface area contributed by atoms with Crippen LogP contribution in [0.5, 0.6) is 0 Å². The average molecular weight is 339 g/mol. The predicted octanol–water partition coefficient (Wildman–Crippen LogP) is 1.70. The van der Waals surface area contributed by atoms with Crippen LogP contribution in [-0.2, 0) is 14.3 Å². The first kappa shape index (κ1) is 19.4. The largest absolute Gasteiger partial charge is 0.449 e. The molecule has 0 bridgehead atoms. The molecule has 0 radical (unpaired) electrons. The lowest BCUT2D eigenvalue weighted by Crippen LogP contribution is -2.46. The molecule has 0 spiro atoms. The van der Waals surface area contributed by atoms with E-state index in [0.717, 1.165) is 0 Å². The minimum absolute atomic E-state index is 0.120. The average Bonchev–Trinajstić information content (AvgIpc) is 2.48. The van der Waals surface area contributed by atoms with E-state index < -0.39 is 36.2 Å². The fraction of sp³-hybridized carbons (Fsp3) is 0.438. The Morgan fingerprint density at radius 2 is 1.96 bits per heavy atom. The van der Waals surface area contributed by atoms with Crippen LogP contribution in [0, 0.1) is 18.7 Å². The molecule has 1 aromatic carbocycles. The van der Waals surface area contributed by atoms with Crippen molar-refractivity contribution in [2.24, 2.45) is 11.7 Å². The quantitative estimate of drug-likeness (QED) is 0.702. The Bertz CT molecular complexity index is 619. The number of nitrogens with two attached hydrogens (primary N) is 1. The molecule has 132 valence electrons. The second-order valence-electron chi connectivity index (χ2n) is 5.76. The van der Waals surface area contributed by atoms with Crippen LogP contribution in [0.4, 0.5) is 14.9 Å². The van der Waals surface area contributed by atoms with Crippen LogP contribution in [0.25, 0.3) is 0 Å². The Hall–Kier alpha value is -2.64. The molecule has 3 amide bonds. The van der Waals surface area contributed by atoms with Gasteiger partial charge >= 0.3 is 6.09 Å². The van der Waals surface area contributed by atoms with Gasteiger partial charge in [-0.05, 0) is 25.0 Å². The molecule has 0 heterocycles. The standard InChI is InChI=1S/C16H22FN3O4/c1-9(2)8-24-16(23)20-13(7-14(18)21)15(22)19-12-6-4-5-11(17)10(12)3/h4-6,9,13H,7-8H2,1-3H3,(H2,18,21)(H,19,22)(H,20,23)/t13-/m1/s1. The summed E-state index contributed by atoms with van der Waals surface area (Å²) in [5, 5.41) is 4.76. The van der Waals surface area contributed by atoms with E-state index in [2.05, 4.69) is 10.6 Å². The lowest BCUT2D eigenvalue weighted by molar-refractivity contribution is -0.123. The van der Waals surface area contributed by atoms with Gasteiger partial charge in [0, 0.05) is 11.3 Å². The van der Waals surface area contributed by atoms with E-state index in [4.69, 9.17) is 10.5 Å². The van der Waals surface area contributed by atoms with Crippen molar-refractivity contribution in [1.82, 2.24) is 5.32 Å². The van der Waals surface area contributed by atoms with Gasteiger partial charge in [0.2, 0.25) is 11.8 Å². The summed E-state index contributed by atoms with van der Waals surface area (Å²) in [5.74, 6) is -1.82. The smallest absolute Gasteiger partial charge is 0.407 e. The van der Waals surface area contributed by atoms with Gasteiger partial charge in [-0.2, -0.15) is 0 Å². The number of rotatable bonds is 7. The maximum Gasteiger partial charge on any atom is 0.407 e. The van der Waals surface area contributed by atoms with Crippen molar-refractivity contribution in [3.63, 3.8) is 0 Å². The summed E-state index contributed by atoms with van der Waals surface area (Å²) in [7, 11) is 0. The lowest BCUT2D eigenvalue weighted by Gasteiger charge is -2.18. The second-order valence-corrected chi connectivity index (χ2v) is 5.76. The van der Waals surface area contributed by atoms with Crippen molar-refractivity contribution in [2.45, 2.75) is 33.2 Å². The first-order chi connectivity index (χ1) is 11.2. The van der Waals surface area contributed by atoms with Gasteiger partial charge in [-0.3, -0.25) is 9.59 Å². The molecule has 7 nitrogen and oxygen atoms in total. The molecule has 0 aliphatic carbocycles. The lowest BCUT2D eigenvalue weighted by atomic mass is 10.1. The zero-order valence-electron chi connectivity index (χ0n) is 13.9. The van der Waals surface area contributed by atoms with Gasteiger partial charge in [0.15, 0.2) is 0 Å². The van der Waals surface area contributed by atoms with Crippen LogP contribution in [0.15, 0.2) is 18.2 Å². The Balaban J connectivity index is 2.79. The number of halogens is 1. The molecule has 8 heteroatoms. The Morgan fingerprint density at radius 1 is 1.29 bits per heavy atom. The molecule has 0 aliphatic rings. The van der Waals surface area contributed by atoms with E-state index >= 15 is 0 Å². The van der Waals surface area contributed by atoms with Crippen LogP contribution in [0.3, 0.4) is 0 Å². The molecule has 0 aliphatic heterocycles. The minimum atomic E-state index is -1.22. The summed E-state index contributed by atoms with van der Waals surface area (Å²) in [6.45, 7) is 5.37. The van der Waals surface area contributed by atoms with E-state index in [0.29, 0.717) is 0 Å². The zero-order chi connectivity index (χ0) is 18.3. The maximum atomic E-state index is 13.5. The third-order valence-corrected chi connectivity index (χ3v) is 3.09. The number of hydrogen-bond acceptors (Lipinski definition) is 4. The molecule has 0 fully saturated rings. The molecule has 0 saturated carbocycles. The molecular weight excluding hydrogens is 317 g/mol. The summed E-state index contributed by atoms with van der Waals surface area (Å²) in [6.07, 6.45) is -1.24. The molecule has 1 rings (SSSR count). The molecule has 0 unspecified atom stereocenters. The summed E-state index contributed by atoms with van der Waals surface area (Å²) in [4.78, 5) is 35.1. The third-order valence-electron chi connectivity index (χ3n) is 3.09. The first-order valence-electron chi connectivity index (χ1n) is 7.48. The van der Waals surface area contributed by atoms with Crippen molar-refractivity contribution in [2.75, 3.05) is 11.9 Å². The number of primary amides is 1. The van der Waals surface area contributed by atoms with Gasteiger partial charge in [0.05, 0.1) is 13.0 Å². The van der Waals surface area contributed by atoms with Crippen molar-refractivity contribution in [1.29, 1.82) is 0 Å². The molecule has 1 atom stereocenters. The predicted molar refractivity (Wildman–Crippen MR) is 86.7 cm³/mol. The Kier molecular flexibility index (Phi) is 7.16. The highest BCUT2D eigenvalue weighted by Crippen LogP contribution is 2.17. The SMILES string of the molecule is Cc1c(F)cccc1NC(=O)[C@@H](CC(N)=O)NC(=O)OCC(C)C. The van der Waals surface area contributed by atoms with Crippen LogP contribution in [-0.4, -0.2) is 30.6 Å². The molecular formula is C16H22FN3O4. The first-order valence-corrected chi connectivity index (χ1v) is 7.48. The van der Waals surface area contributed by atoms with Gasteiger partial charge < -0.3 is 21.1 Å². The van der Waals surface area contributed by atoms with E-state index in [1.807, 2.05) is 13.8 Å². The number of amides is 3. The number of nitrogens with one attached hydrogen (secondary N) is 2. The number of carbonyl (C=O) groups is 3. The Labute approximate surface area is 139 Å². The molecule has 1 aromatic rings. The fourth-order valence-electron chi connectivity index (χ4n) is 1.80. The molecule has 0 aromatic heterocycles.